The van der Waals surface area contributed by atoms with Gasteiger partial charge in [0.25, 0.3) is 0 Å². The van der Waals surface area contributed by atoms with E-state index in [1.54, 1.807) is 0 Å². The van der Waals surface area contributed by atoms with Crippen LogP contribution in [0.1, 0.15) is 10.4 Å². The van der Waals surface area contributed by atoms with Gasteiger partial charge in [0.1, 0.15) is 0 Å². The van der Waals surface area contributed by atoms with Crippen molar-refractivity contribution in [2.45, 2.75) is 0 Å². The molecule has 0 unspecified atom stereocenters. The zero-order chi connectivity index (χ0) is 9.30. The first-order valence-corrected chi connectivity index (χ1v) is 3.00. The average molecular weight is 290 g/mol. The van der Waals surface area contributed by atoms with E-state index < -0.39 is 23.2 Å². The van der Waals surface area contributed by atoms with Gasteiger partial charge in [-0.05, 0) is 12.1 Å². The smallest absolute Gasteiger partial charge is 0.335 e. The van der Waals surface area contributed by atoms with Crippen LogP contribution in [0.3, 0.4) is 0 Å². The van der Waals surface area contributed by atoms with Crippen LogP contribution in [0.2, 0.25) is 0 Å². The Labute approximate surface area is 103 Å². The van der Waals surface area contributed by atoms with E-state index in [-0.39, 0.29) is 42.1 Å². The molecule has 0 spiro atoms. The molecule has 1 aromatic rings. The van der Waals surface area contributed by atoms with Crippen LogP contribution in [0.25, 0.3) is 0 Å². The van der Waals surface area contributed by atoms with Gasteiger partial charge < -0.3 is 20.4 Å². The van der Waals surface area contributed by atoms with Crippen molar-refractivity contribution in [2.24, 2.45) is 0 Å². The number of phenols is 3. The molecule has 1 aromatic carbocycles. The fourth-order valence-electron chi connectivity index (χ4n) is 0.728. The molecule has 0 aliphatic rings. The Hall–Kier alpha value is -0.767. The van der Waals surface area contributed by atoms with Gasteiger partial charge in [-0.25, -0.2) is 4.79 Å². The first-order chi connectivity index (χ1) is 5.52. The first-order valence-electron chi connectivity index (χ1n) is 3.00. The maximum Gasteiger partial charge on any atom is 0.335 e. The molecule has 0 fully saturated rings. The Morgan fingerprint density at radius 3 is 1.71 bits per heavy atom. The summed E-state index contributed by atoms with van der Waals surface area (Å²) in [5.41, 5.74) is -0.289. The second-order valence-electron chi connectivity index (χ2n) is 2.17. The van der Waals surface area contributed by atoms with Crippen LogP contribution in [0.15, 0.2) is 12.1 Å². The quantitative estimate of drug-likeness (QED) is 0.446. The van der Waals surface area contributed by atoms with Gasteiger partial charge in [0.05, 0.1) is 5.56 Å². The number of aromatic hydroxyl groups is 3. The van der Waals surface area contributed by atoms with Crippen molar-refractivity contribution in [1.29, 1.82) is 0 Å². The van der Waals surface area contributed by atoms with Crippen molar-refractivity contribution >= 4 is 5.97 Å². The number of aromatic carboxylic acids is 1. The SMILES string of the molecule is O=C(O)c1cc(O)c(O)c(O)c1.[Mn].[Zn]. The molecular weight excluding hydrogens is 284 g/mol. The summed E-state index contributed by atoms with van der Waals surface area (Å²) in [4.78, 5) is 10.3. The van der Waals surface area contributed by atoms with Crippen LogP contribution in [0.4, 0.5) is 0 Å². The topological polar surface area (TPSA) is 98.0 Å². The minimum atomic E-state index is -1.29. The number of hydrogen-bond donors (Lipinski definition) is 4. The Kier molecular flexibility index (Phi) is 6.57. The van der Waals surface area contributed by atoms with Gasteiger partial charge in [-0.3, -0.25) is 0 Å². The fraction of sp³-hybridized carbons (Fsp3) is 0. The van der Waals surface area contributed by atoms with Gasteiger partial charge in [0.2, 0.25) is 0 Å². The van der Waals surface area contributed by atoms with Crippen molar-refractivity contribution in [3.05, 3.63) is 17.7 Å². The molecular formula is C7H6MnO5Zn. The maximum atomic E-state index is 10.3. The van der Waals surface area contributed by atoms with Gasteiger partial charge in [-0.1, -0.05) is 0 Å². The van der Waals surface area contributed by atoms with E-state index in [0.29, 0.717) is 0 Å². The second kappa shape index (κ2) is 5.86. The van der Waals surface area contributed by atoms with Crippen LogP contribution >= 0.6 is 0 Å². The van der Waals surface area contributed by atoms with E-state index in [9.17, 15) is 4.79 Å². The Morgan fingerprint density at radius 1 is 1.07 bits per heavy atom. The summed E-state index contributed by atoms with van der Waals surface area (Å²) >= 11 is 0. The molecule has 0 aliphatic carbocycles. The second-order valence-corrected chi connectivity index (χ2v) is 2.17. The monoisotopic (exact) mass is 289 g/mol. The number of phenolic OH excluding ortho intramolecular Hbond substituents is 3. The van der Waals surface area contributed by atoms with E-state index in [0.717, 1.165) is 12.1 Å². The Morgan fingerprint density at radius 2 is 1.43 bits per heavy atom. The molecule has 0 saturated carbocycles. The van der Waals surface area contributed by atoms with Gasteiger partial charge >= 0.3 is 5.97 Å². The van der Waals surface area contributed by atoms with Gasteiger partial charge in [0.15, 0.2) is 17.2 Å². The average Bonchev–Trinajstić information content (AvgIpc) is 1.99. The summed E-state index contributed by atoms with van der Waals surface area (Å²) in [5, 5.41) is 35.0. The standard InChI is InChI=1S/C7H6O5.Mn.Zn/c8-4-1-3(7(11)12)2-5(9)6(4)10;;/h1-2,8-10H,(H,11,12);;. The van der Waals surface area contributed by atoms with Crippen molar-refractivity contribution in [3.8, 4) is 17.2 Å². The minimum absolute atomic E-state index is 0. The molecule has 1 rings (SSSR count). The summed E-state index contributed by atoms with van der Waals surface area (Å²) in [5.74, 6) is -3.33. The molecule has 7 heteroatoms. The van der Waals surface area contributed by atoms with Crippen molar-refractivity contribution < 1.29 is 61.8 Å². The molecule has 4 N–H and O–H groups in total. The molecule has 0 saturated heterocycles. The normalized spacial score (nSPS) is 8.29. The molecule has 0 bridgehead atoms. The number of benzene rings is 1. The molecule has 0 aliphatic heterocycles. The largest absolute Gasteiger partial charge is 0.504 e. The molecule has 1 radical (unpaired) electrons. The first kappa shape index (κ1) is 15.7. The molecule has 0 amide bonds. The number of carbonyl (C=O) groups is 1. The van der Waals surface area contributed by atoms with E-state index in [1.807, 2.05) is 0 Å². The number of carboxylic acids is 1. The summed E-state index contributed by atoms with van der Waals surface area (Å²) in [7, 11) is 0. The zero-order valence-corrected chi connectivity index (χ0v) is 11.1. The number of hydrogen-bond acceptors (Lipinski definition) is 4. The van der Waals surface area contributed by atoms with Crippen LogP contribution in [-0.2, 0) is 36.5 Å². The summed E-state index contributed by atoms with van der Waals surface area (Å²) in [6, 6.07) is 1.69. The van der Waals surface area contributed by atoms with E-state index >= 15 is 0 Å². The van der Waals surface area contributed by atoms with Crippen molar-refractivity contribution in [1.82, 2.24) is 0 Å². The van der Waals surface area contributed by atoms with Crippen LogP contribution in [-0.4, -0.2) is 26.4 Å². The van der Waals surface area contributed by atoms with Crippen LogP contribution in [0.5, 0.6) is 17.2 Å². The minimum Gasteiger partial charge on any atom is -0.504 e. The van der Waals surface area contributed by atoms with Crippen molar-refractivity contribution in [3.63, 3.8) is 0 Å². The molecule has 0 aromatic heterocycles. The van der Waals surface area contributed by atoms with E-state index in [4.69, 9.17) is 20.4 Å². The van der Waals surface area contributed by atoms with Gasteiger partial charge in [-0.2, -0.15) is 0 Å². The van der Waals surface area contributed by atoms with E-state index in [1.165, 1.54) is 0 Å². The fourth-order valence-corrected chi connectivity index (χ4v) is 0.728. The molecule has 0 heterocycles. The predicted molar refractivity (Wildman–Crippen MR) is 38.4 cm³/mol. The Bertz CT molecular complexity index is 318. The van der Waals surface area contributed by atoms with Crippen LogP contribution in [0, 0.1) is 0 Å². The zero-order valence-electron chi connectivity index (χ0n) is 6.94. The van der Waals surface area contributed by atoms with Gasteiger partial charge in [-0.15, -0.1) is 0 Å². The summed E-state index contributed by atoms with van der Waals surface area (Å²) in [6.45, 7) is 0. The predicted octanol–water partition coefficient (Wildman–Crippen LogP) is 0.497. The van der Waals surface area contributed by atoms with Crippen molar-refractivity contribution in [2.75, 3.05) is 0 Å². The molecule has 0 atom stereocenters. The molecule has 14 heavy (non-hydrogen) atoms. The molecule has 5 nitrogen and oxygen atoms in total. The third kappa shape index (κ3) is 3.18. The third-order valence-electron chi connectivity index (χ3n) is 1.32. The molecule has 73 valence electrons. The van der Waals surface area contributed by atoms with E-state index in [2.05, 4.69) is 0 Å². The summed E-state index contributed by atoms with van der Waals surface area (Å²) in [6.07, 6.45) is 0. The Balaban J connectivity index is 0. The number of rotatable bonds is 1. The van der Waals surface area contributed by atoms with Crippen LogP contribution < -0.4 is 0 Å². The van der Waals surface area contributed by atoms with Gasteiger partial charge in [0, 0.05) is 36.5 Å². The third-order valence-corrected chi connectivity index (χ3v) is 1.32. The summed E-state index contributed by atoms with van der Waals surface area (Å²) < 4.78 is 0. The number of carboxylic acid groups (broad SMARTS) is 1. The maximum absolute atomic E-state index is 10.3.